The molecule has 1 atom stereocenters. The van der Waals surface area contributed by atoms with Crippen LogP contribution in [0.4, 0.5) is 0 Å². The van der Waals surface area contributed by atoms with E-state index in [1.54, 1.807) is 0 Å². The van der Waals surface area contributed by atoms with Crippen LogP contribution in [-0.4, -0.2) is 25.0 Å². The minimum Gasteiger partial charge on any atom is -0.370 e. The molecule has 5 heteroatoms. The Hall–Kier alpha value is -1.10. The van der Waals surface area contributed by atoms with E-state index in [2.05, 4.69) is 10.3 Å². The first-order chi connectivity index (χ1) is 5.66. The molecule has 1 unspecified atom stereocenters. The fourth-order valence-electron chi connectivity index (χ4n) is 0.719. The molecule has 0 aliphatic heterocycles. The normalized spacial score (nSPS) is 14.0. The topological polar surface area (TPSA) is 93.5 Å². The SMILES string of the molecule is CC(N)CCCN=C(N)NC=O. The van der Waals surface area contributed by atoms with Crippen molar-refractivity contribution in [1.29, 1.82) is 0 Å². The van der Waals surface area contributed by atoms with E-state index in [4.69, 9.17) is 11.5 Å². The molecule has 1 amide bonds. The quantitative estimate of drug-likeness (QED) is 0.219. The number of hydrogen-bond donors (Lipinski definition) is 3. The van der Waals surface area contributed by atoms with Crippen LogP contribution in [0.1, 0.15) is 19.8 Å². The van der Waals surface area contributed by atoms with E-state index in [9.17, 15) is 4.79 Å². The number of hydrogen-bond acceptors (Lipinski definition) is 3. The molecule has 0 aliphatic rings. The highest BCUT2D eigenvalue weighted by Crippen LogP contribution is 1.92. The average molecular weight is 172 g/mol. The lowest BCUT2D eigenvalue weighted by Gasteiger charge is -2.02. The van der Waals surface area contributed by atoms with Gasteiger partial charge in [0.05, 0.1) is 0 Å². The van der Waals surface area contributed by atoms with E-state index < -0.39 is 0 Å². The van der Waals surface area contributed by atoms with E-state index >= 15 is 0 Å². The molecule has 0 aliphatic carbocycles. The summed E-state index contributed by atoms with van der Waals surface area (Å²) in [7, 11) is 0. The Labute approximate surface area is 72.2 Å². The molecule has 0 saturated heterocycles. The molecule has 0 saturated carbocycles. The van der Waals surface area contributed by atoms with E-state index in [-0.39, 0.29) is 12.0 Å². The van der Waals surface area contributed by atoms with Gasteiger partial charge in [-0.15, -0.1) is 0 Å². The average Bonchev–Trinajstić information content (AvgIpc) is 1.98. The lowest BCUT2D eigenvalue weighted by Crippen LogP contribution is -2.30. The predicted molar refractivity (Wildman–Crippen MR) is 48.6 cm³/mol. The van der Waals surface area contributed by atoms with Crippen LogP contribution in [0.3, 0.4) is 0 Å². The highest BCUT2D eigenvalue weighted by atomic mass is 16.1. The monoisotopic (exact) mass is 172 g/mol. The first-order valence-corrected chi connectivity index (χ1v) is 3.92. The lowest BCUT2D eigenvalue weighted by atomic mass is 10.2. The zero-order valence-electron chi connectivity index (χ0n) is 7.29. The summed E-state index contributed by atoms with van der Waals surface area (Å²) in [5.74, 6) is 0.162. The zero-order valence-corrected chi connectivity index (χ0v) is 7.29. The fraction of sp³-hybridized carbons (Fsp3) is 0.714. The number of nitrogens with zero attached hydrogens (tertiary/aromatic N) is 1. The third kappa shape index (κ3) is 7.01. The molecule has 0 aromatic rings. The zero-order chi connectivity index (χ0) is 9.40. The number of carbonyl (C=O) groups excluding carboxylic acids is 1. The first-order valence-electron chi connectivity index (χ1n) is 3.92. The van der Waals surface area contributed by atoms with Crippen molar-refractivity contribution in [2.24, 2.45) is 16.5 Å². The fourth-order valence-corrected chi connectivity index (χ4v) is 0.719. The van der Waals surface area contributed by atoms with Crippen LogP contribution in [0.25, 0.3) is 0 Å². The second kappa shape index (κ2) is 6.60. The molecule has 0 fully saturated rings. The van der Waals surface area contributed by atoms with Crippen LogP contribution in [0.15, 0.2) is 4.99 Å². The summed E-state index contributed by atoms with van der Waals surface area (Å²) in [6, 6.07) is 0.195. The second-order valence-corrected chi connectivity index (χ2v) is 2.65. The smallest absolute Gasteiger partial charge is 0.213 e. The van der Waals surface area contributed by atoms with Gasteiger partial charge in [-0.25, -0.2) is 0 Å². The highest BCUT2D eigenvalue weighted by molar-refractivity contribution is 5.87. The van der Waals surface area contributed by atoms with E-state index in [0.717, 1.165) is 12.8 Å². The summed E-state index contributed by atoms with van der Waals surface area (Å²) in [6.45, 7) is 2.55. The molecule has 12 heavy (non-hydrogen) atoms. The molecule has 0 bridgehead atoms. The van der Waals surface area contributed by atoms with Gasteiger partial charge < -0.3 is 11.5 Å². The summed E-state index contributed by atoms with van der Waals surface area (Å²) in [4.78, 5) is 13.7. The van der Waals surface area contributed by atoms with Crippen LogP contribution in [-0.2, 0) is 4.79 Å². The Balaban J connectivity index is 3.39. The molecule has 70 valence electrons. The molecular formula is C7H16N4O. The predicted octanol–water partition coefficient (Wildman–Crippen LogP) is -0.825. The van der Waals surface area contributed by atoms with E-state index in [1.165, 1.54) is 0 Å². The van der Waals surface area contributed by atoms with Gasteiger partial charge in [-0.2, -0.15) is 0 Å². The van der Waals surface area contributed by atoms with Gasteiger partial charge in [-0.1, -0.05) is 0 Å². The summed E-state index contributed by atoms with van der Waals surface area (Å²) < 4.78 is 0. The third-order valence-corrected chi connectivity index (χ3v) is 1.31. The van der Waals surface area contributed by atoms with Crippen molar-refractivity contribution in [1.82, 2.24) is 5.32 Å². The minimum absolute atomic E-state index is 0.162. The number of amides is 1. The molecule has 5 N–H and O–H groups in total. The molecule has 0 spiro atoms. The van der Waals surface area contributed by atoms with Crippen molar-refractivity contribution in [3.63, 3.8) is 0 Å². The molecule has 0 rings (SSSR count). The molecule has 0 aromatic carbocycles. The number of guanidine groups is 1. The summed E-state index contributed by atoms with van der Waals surface area (Å²) in [5.41, 5.74) is 10.8. The number of nitrogens with one attached hydrogen (secondary N) is 1. The molecule has 0 heterocycles. The van der Waals surface area contributed by atoms with Gasteiger partial charge in [0, 0.05) is 12.6 Å². The Morgan fingerprint density at radius 1 is 1.75 bits per heavy atom. The highest BCUT2D eigenvalue weighted by Gasteiger charge is 1.93. The summed E-state index contributed by atoms with van der Waals surface area (Å²) in [5, 5.41) is 2.25. The van der Waals surface area contributed by atoms with Crippen LogP contribution in [0.2, 0.25) is 0 Å². The van der Waals surface area contributed by atoms with Crippen LogP contribution >= 0.6 is 0 Å². The van der Waals surface area contributed by atoms with Crippen molar-refractivity contribution in [2.75, 3.05) is 6.54 Å². The van der Waals surface area contributed by atoms with Gasteiger partial charge in [0.1, 0.15) is 0 Å². The van der Waals surface area contributed by atoms with Crippen molar-refractivity contribution >= 4 is 12.4 Å². The Bertz CT molecular complexity index is 155. The van der Waals surface area contributed by atoms with Gasteiger partial charge in [-0.05, 0) is 19.8 Å². The van der Waals surface area contributed by atoms with Crippen molar-refractivity contribution in [3.05, 3.63) is 0 Å². The second-order valence-electron chi connectivity index (χ2n) is 2.65. The lowest BCUT2D eigenvalue weighted by molar-refractivity contribution is -0.108. The number of nitrogens with two attached hydrogens (primary N) is 2. The largest absolute Gasteiger partial charge is 0.370 e. The maximum absolute atomic E-state index is 9.86. The summed E-state index contributed by atoms with van der Waals surface area (Å²) in [6.07, 6.45) is 2.31. The number of aliphatic imine (C=N–C) groups is 1. The third-order valence-electron chi connectivity index (χ3n) is 1.31. The van der Waals surface area contributed by atoms with Crippen molar-refractivity contribution < 1.29 is 4.79 Å². The Morgan fingerprint density at radius 3 is 2.92 bits per heavy atom. The van der Waals surface area contributed by atoms with Crippen LogP contribution in [0.5, 0.6) is 0 Å². The molecular weight excluding hydrogens is 156 g/mol. The maximum atomic E-state index is 9.86. The van der Waals surface area contributed by atoms with Gasteiger partial charge in [0.2, 0.25) is 6.41 Å². The van der Waals surface area contributed by atoms with Crippen molar-refractivity contribution in [2.45, 2.75) is 25.8 Å². The van der Waals surface area contributed by atoms with Gasteiger partial charge in [-0.3, -0.25) is 15.1 Å². The van der Waals surface area contributed by atoms with Crippen LogP contribution < -0.4 is 16.8 Å². The number of rotatable bonds is 5. The van der Waals surface area contributed by atoms with E-state index in [1.807, 2.05) is 6.92 Å². The number of carbonyl (C=O) groups is 1. The summed E-state index contributed by atoms with van der Waals surface area (Å²) >= 11 is 0. The van der Waals surface area contributed by atoms with E-state index in [0.29, 0.717) is 13.0 Å². The van der Waals surface area contributed by atoms with Gasteiger partial charge in [0.15, 0.2) is 5.96 Å². The molecule has 0 aromatic heterocycles. The maximum Gasteiger partial charge on any atom is 0.213 e. The Kier molecular flexibility index (Phi) is 6.00. The Morgan fingerprint density at radius 2 is 2.42 bits per heavy atom. The first kappa shape index (κ1) is 10.9. The van der Waals surface area contributed by atoms with Crippen molar-refractivity contribution in [3.8, 4) is 0 Å². The van der Waals surface area contributed by atoms with Gasteiger partial charge in [0.25, 0.3) is 0 Å². The molecule has 5 nitrogen and oxygen atoms in total. The van der Waals surface area contributed by atoms with Gasteiger partial charge >= 0.3 is 0 Å². The van der Waals surface area contributed by atoms with Crippen LogP contribution in [0, 0.1) is 0 Å². The standard InChI is InChI=1S/C7H16N4O/c1-6(8)3-2-4-10-7(9)11-5-12/h5-6H,2-4,8H2,1H3,(H3,9,10,11,12). The minimum atomic E-state index is 0.162. The molecule has 0 radical (unpaired) electrons.